The molecule has 0 heterocycles. The Morgan fingerprint density at radius 1 is 0.441 bits per heavy atom. The number of primary amides is 1. The van der Waals surface area contributed by atoms with Gasteiger partial charge in [-0.1, -0.05) is 0 Å². The number of carbonyl (C=O) groups is 8. The average Bonchev–Trinajstić information content (AvgIpc) is 3.15. The van der Waals surface area contributed by atoms with E-state index in [4.69, 9.17) is 40.1 Å². The molecular weight excluding hydrogens is 815 g/mol. The molecule has 0 bridgehead atoms. The van der Waals surface area contributed by atoms with Gasteiger partial charge in [0.1, 0.15) is 42.3 Å². The second kappa shape index (κ2) is 28.6. The predicted octanol–water partition coefficient (Wildman–Crippen LogP) is -7.05. The van der Waals surface area contributed by atoms with Gasteiger partial charge >= 0.3 is 0 Å². The molecule has 0 rings (SSSR count). The first-order chi connectivity index (χ1) is 27.6. The van der Waals surface area contributed by atoms with Crippen molar-refractivity contribution in [2.75, 3.05) is 31.1 Å². The zero-order valence-corrected chi connectivity index (χ0v) is 35.2. The lowest BCUT2D eigenvalue weighted by Gasteiger charge is -2.27. The molecule has 334 valence electrons. The summed E-state index contributed by atoms with van der Waals surface area (Å²) in [6.07, 6.45) is 0.455. The minimum Gasteiger partial charge on any atom is -0.370 e. The summed E-state index contributed by atoms with van der Waals surface area (Å²) >= 11 is 8.16. The van der Waals surface area contributed by atoms with Gasteiger partial charge in [0.05, 0.1) is 0 Å². The largest absolute Gasteiger partial charge is 0.370 e. The van der Waals surface area contributed by atoms with Crippen LogP contribution in [0.3, 0.4) is 0 Å². The van der Waals surface area contributed by atoms with E-state index in [9.17, 15) is 38.4 Å². The highest BCUT2D eigenvalue weighted by Gasteiger charge is 2.32. The van der Waals surface area contributed by atoms with Gasteiger partial charge in [-0.3, -0.25) is 53.3 Å². The van der Waals surface area contributed by atoms with Crippen molar-refractivity contribution in [3.63, 3.8) is 0 Å². The van der Waals surface area contributed by atoms with Crippen LogP contribution < -0.4 is 77.4 Å². The van der Waals surface area contributed by atoms with Crippen molar-refractivity contribution >= 4 is 90.4 Å². The number of hydrogen-bond acceptors (Lipinski definition) is 13. The van der Waals surface area contributed by atoms with Gasteiger partial charge in [-0.2, -0.15) is 25.3 Å². The zero-order chi connectivity index (χ0) is 45.2. The van der Waals surface area contributed by atoms with Gasteiger partial charge in [0.15, 0.2) is 17.9 Å². The molecule has 59 heavy (non-hydrogen) atoms. The zero-order valence-electron chi connectivity index (χ0n) is 33.4. The maximum atomic E-state index is 13.9. The van der Waals surface area contributed by atoms with Crippen LogP contribution in [0.15, 0.2) is 15.0 Å². The van der Waals surface area contributed by atoms with E-state index in [-0.39, 0.29) is 87.5 Å². The van der Waals surface area contributed by atoms with Crippen LogP contribution >= 0.6 is 25.3 Å². The van der Waals surface area contributed by atoms with Gasteiger partial charge in [0, 0.05) is 38.1 Å². The molecule has 0 saturated carbocycles. The van der Waals surface area contributed by atoms with Crippen molar-refractivity contribution in [3.05, 3.63) is 0 Å². The van der Waals surface area contributed by atoms with Crippen LogP contribution in [-0.2, 0) is 38.4 Å². The van der Waals surface area contributed by atoms with E-state index < -0.39 is 89.6 Å². The topological polar surface area (TPSA) is 440 Å². The maximum absolute atomic E-state index is 13.9. The van der Waals surface area contributed by atoms with E-state index in [2.05, 4.69) is 77.5 Å². The van der Waals surface area contributed by atoms with Crippen LogP contribution in [0.25, 0.3) is 0 Å². The summed E-state index contributed by atoms with van der Waals surface area (Å²) in [5, 5.41) is 17.4. The van der Waals surface area contributed by atoms with Crippen molar-refractivity contribution in [1.29, 1.82) is 0 Å². The summed E-state index contributed by atoms with van der Waals surface area (Å²) in [6.45, 7) is 4.11. The minimum atomic E-state index is -1.33. The first-order valence-corrected chi connectivity index (χ1v) is 19.7. The Hall–Kier alpha value is -5.73. The van der Waals surface area contributed by atoms with Crippen LogP contribution in [0, 0.1) is 0 Å². The van der Waals surface area contributed by atoms with Crippen LogP contribution in [0.4, 0.5) is 0 Å². The van der Waals surface area contributed by atoms with Crippen molar-refractivity contribution in [2.24, 2.45) is 55.1 Å². The highest BCUT2D eigenvalue weighted by Crippen LogP contribution is 2.07. The average molecular weight is 876 g/mol. The molecule has 21 N–H and O–H groups in total. The third kappa shape index (κ3) is 23.3. The normalized spacial score (nSPS) is 14.1. The van der Waals surface area contributed by atoms with E-state index in [0.717, 1.165) is 0 Å². The van der Waals surface area contributed by atoms with E-state index in [1.54, 1.807) is 0 Å². The molecule has 0 spiro atoms. The number of nitrogens with zero attached hydrogens (tertiary/aromatic N) is 3. The highest BCUT2D eigenvalue weighted by molar-refractivity contribution is 7.80. The summed E-state index contributed by atoms with van der Waals surface area (Å²) in [7, 11) is 0. The fourth-order valence-corrected chi connectivity index (χ4v) is 5.34. The molecule has 0 aromatic carbocycles. The molecule has 7 atom stereocenters. The molecule has 0 fully saturated rings. The molecule has 0 unspecified atom stereocenters. The second-order valence-electron chi connectivity index (χ2n) is 13.1. The summed E-state index contributed by atoms with van der Waals surface area (Å²) < 4.78 is 0. The van der Waals surface area contributed by atoms with Crippen molar-refractivity contribution in [3.8, 4) is 0 Å². The number of guanidine groups is 3. The molecule has 27 heteroatoms. The minimum absolute atomic E-state index is 0.00438. The van der Waals surface area contributed by atoms with Gasteiger partial charge in [-0.15, -0.1) is 0 Å². The first kappa shape index (κ1) is 53.3. The Morgan fingerprint density at radius 3 is 1.07 bits per heavy atom. The lowest BCUT2D eigenvalue weighted by molar-refractivity contribution is -0.135. The number of nitrogens with one attached hydrogen (secondary N) is 7. The molecule has 0 radical (unpaired) electrons. The van der Waals surface area contributed by atoms with Crippen LogP contribution in [0.1, 0.15) is 59.3 Å². The van der Waals surface area contributed by atoms with E-state index >= 15 is 0 Å². The molecule has 0 saturated heterocycles. The lowest BCUT2D eigenvalue weighted by Crippen LogP contribution is -2.59. The number of hydrogen-bond donors (Lipinski definition) is 16. The number of amides is 8. The van der Waals surface area contributed by atoms with Crippen molar-refractivity contribution in [2.45, 2.75) is 102 Å². The molecular formula is C32H61N17O8S2. The summed E-state index contributed by atoms with van der Waals surface area (Å²) in [5.41, 5.74) is 37.8. The predicted molar refractivity (Wildman–Crippen MR) is 227 cm³/mol. The third-order valence-corrected chi connectivity index (χ3v) is 8.69. The quantitative estimate of drug-likeness (QED) is 0.0150. The maximum Gasteiger partial charge on any atom is 0.244 e. The van der Waals surface area contributed by atoms with Gasteiger partial charge in [0.2, 0.25) is 47.3 Å². The Bertz CT molecular complexity index is 1540. The van der Waals surface area contributed by atoms with E-state index in [1.807, 2.05) is 0 Å². The number of thiol groups is 2. The summed E-state index contributed by atoms with van der Waals surface area (Å²) in [4.78, 5) is 115. The Labute approximate surface area is 353 Å². The highest BCUT2D eigenvalue weighted by atomic mass is 32.1. The monoisotopic (exact) mass is 875 g/mol. The molecule has 0 aliphatic rings. The van der Waals surface area contributed by atoms with Gasteiger partial charge in [-0.05, 0) is 52.4 Å². The number of aliphatic imine (C=N–C) groups is 3. The molecule has 8 amide bonds. The van der Waals surface area contributed by atoms with Crippen LogP contribution in [0.2, 0.25) is 0 Å². The third-order valence-electron chi connectivity index (χ3n) is 7.96. The Kier molecular flexibility index (Phi) is 25.9. The molecule has 0 aromatic rings. The molecule has 0 aliphatic carbocycles. The molecule has 0 aliphatic heterocycles. The first-order valence-electron chi connectivity index (χ1n) is 18.4. The van der Waals surface area contributed by atoms with Crippen molar-refractivity contribution in [1.82, 2.24) is 37.2 Å². The van der Waals surface area contributed by atoms with Crippen molar-refractivity contribution < 1.29 is 38.4 Å². The summed E-state index contributed by atoms with van der Waals surface area (Å²) in [6, 6.07) is -8.54. The fraction of sp³-hybridized carbons (Fsp3) is 0.656. The van der Waals surface area contributed by atoms with E-state index in [1.165, 1.54) is 20.8 Å². The van der Waals surface area contributed by atoms with E-state index in [0.29, 0.717) is 0 Å². The summed E-state index contributed by atoms with van der Waals surface area (Å²) in [5.74, 6) is -6.94. The van der Waals surface area contributed by atoms with Crippen LogP contribution in [0.5, 0.6) is 0 Å². The number of rotatable bonds is 28. The van der Waals surface area contributed by atoms with Gasteiger partial charge < -0.3 is 77.4 Å². The van der Waals surface area contributed by atoms with Gasteiger partial charge in [-0.25, -0.2) is 0 Å². The number of nitrogens with two attached hydrogens (primary N) is 7. The molecule has 0 aromatic heterocycles. The Balaban J connectivity index is 6.35. The second-order valence-corrected chi connectivity index (χ2v) is 13.8. The number of carbonyl (C=O) groups excluding carboxylic acids is 8. The lowest BCUT2D eigenvalue weighted by atomic mass is 10.0. The fourth-order valence-electron chi connectivity index (χ4n) is 4.83. The smallest absolute Gasteiger partial charge is 0.244 e. The van der Waals surface area contributed by atoms with Crippen LogP contribution in [-0.4, -0.2) is 139 Å². The SMILES string of the molecule is CC(=O)N[C@H](CS)C(=O)N[C@@H](CS)C(=O)N[C@H](C)C(=O)N[C@H](CCCN=C(N)N)C(=O)N[C@H](CCCN=C(N)N)C(=O)N[C@H](CCCN=C(N)N)C(=O)N[C@H](C)C(N)=O. The molecule has 25 nitrogen and oxygen atoms in total. The Morgan fingerprint density at radius 2 is 0.729 bits per heavy atom. The standard InChI is InChI=1S/C32H61N17O8S2/c1-15(23(33)51)43-25(53)18(7-4-10-40-30(34)35)47-27(55)20(9-6-12-42-32(38)39)48-26(54)19(8-5-11-41-31(36)37)46-24(52)16(2)44-28(56)22(14-59)49-29(57)21(13-58)45-17(3)50/h15-16,18-22,58-59H,4-14H2,1-3H3,(H2,33,51)(H,43,53)(H,44,56)(H,45,50)(H,46,52)(H,47,55)(H,48,54)(H,49,57)(H4,34,35,40)(H4,36,37,41)(H4,38,39,42)/t15-,16-,18-,19-,20-,21-,22+/m1/s1. The van der Waals surface area contributed by atoms with Gasteiger partial charge in [0.25, 0.3) is 0 Å².